The first-order chi connectivity index (χ1) is 13.4. The number of fused-ring (bicyclic) bond motifs is 1. The number of halogens is 1. The molecule has 0 radical (unpaired) electrons. The minimum atomic E-state index is -3.79. The van der Waals surface area contributed by atoms with Gasteiger partial charge >= 0.3 is 0 Å². The van der Waals surface area contributed by atoms with E-state index in [1.807, 2.05) is 0 Å². The smallest absolute Gasteiger partial charge is 0.251 e. The van der Waals surface area contributed by atoms with Gasteiger partial charge in [-0.25, -0.2) is 12.8 Å². The van der Waals surface area contributed by atoms with Gasteiger partial charge in [0.05, 0.1) is 4.90 Å². The van der Waals surface area contributed by atoms with Crippen LogP contribution in [0.5, 0.6) is 0 Å². The lowest BCUT2D eigenvalue weighted by Gasteiger charge is -2.24. The molecule has 0 aromatic heterocycles. The summed E-state index contributed by atoms with van der Waals surface area (Å²) in [6.45, 7) is 3.15. The van der Waals surface area contributed by atoms with Crippen LogP contribution >= 0.6 is 0 Å². The number of rotatable bonds is 8. The fraction of sp³-hybridized carbons (Fsp3) is 0.381. The minimum Gasteiger partial charge on any atom is -0.352 e. The number of benzene rings is 2. The zero-order valence-corrected chi connectivity index (χ0v) is 16.8. The predicted molar refractivity (Wildman–Crippen MR) is 106 cm³/mol. The number of nitrogens with zero attached hydrogens (tertiary/aromatic N) is 1. The van der Waals surface area contributed by atoms with E-state index in [4.69, 9.17) is 0 Å². The van der Waals surface area contributed by atoms with Gasteiger partial charge in [0.1, 0.15) is 5.82 Å². The van der Waals surface area contributed by atoms with Crippen LogP contribution in [0.15, 0.2) is 47.4 Å². The maximum Gasteiger partial charge on any atom is 0.251 e. The molecule has 0 atom stereocenters. The van der Waals surface area contributed by atoms with Gasteiger partial charge in [-0.2, -0.15) is 4.31 Å². The molecule has 0 saturated heterocycles. The van der Waals surface area contributed by atoms with E-state index in [0.717, 1.165) is 30.4 Å². The highest BCUT2D eigenvalue weighted by atomic mass is 32.2. The molecule has 7 heteroatoms. The summed E-state index contributed by atoms with van der Waals surface area (Å²) in [5, 5.41) is 2.75. The molecule has 1 aliphatic heterocycles. The second kappa shape index (κ2) is 8.84. The lowest BCUT2D eigenvalue weighted by atomic mass is 10.0. The molecule has 2 aromatic carbocycles. The average Bonchev–Trinajstić information content (AvgIpc) is 2.69. The Morgan fingerprint density at radius 1 is 1.11 bits per heavy atom. The van der Waals surface area contributed by atoms with Crippen molar-refractivity contribution in [3.63, 3.8) is 0 Å². The minimum absolute atomic E-state index is 0.113. The largest absolute Gasteiger partial charge is 0.352 e. The van der Waals surface area contributed by atoms with Crippen molar-refractivity contribution < 1.29 is 17.6 Å². The number of unbranched alkanes of at least 4 members (excludes halogenated alkanes) is 2. The van der Waals surface area contributed by atoms with Crippen LogP contribution in [0, 0.1) is 5.82 Å². The van der Waals surface area contributed by atoms with E-state index in [0.29, 0.717) is 25.1 Å². The highest BCUT2D eigenvalue weighted by Crippen LogP contribution is 2.24. The Balaban J connectivity index is 1.91. The van der Waals surface area contributed by atoms with Gasteiger partial charge in [-0.05, 0) is 48.2 Å². The average molecular weight is 405 g/mol. The molecule has 0 unspecified atom stereocenters. The lowest BCUT2D eigenvalue weighted by molar-refractivity contribution is 0.0945. The zero-order valence-electron chi connectivity index (χ0n) is 15.9. The van der Waals surface area contributed by atoms with Crippen molar-refractivity contribution in [2.45, 2.75) is 44.0 Å². The van der Waals surface area contributed by atoms with E-state index < -0.39 is 10.0 Å². The monoisotopic (exact) mass is 404 g/mol. The number of sulfonamides is 1. The third-order valence-electron chi connectivity index (χ3n) is 4.93. The molecule has 0 saturated carbocycles. The number of hydrogen-bond donors (Lipinski definition) is 1. The fourth-order valence-corrected chi connectivity index (χ4v) is 4.81. The van der Waals surface area contributed by atoms with Crippen LogP contribution in [-0.4, -0.2) is 31.7 Å². The van der Waals surface area contributed by atoms with Crippen molar-refractivity contribution in [3.05, 3.63) is 65.0 Å². The SMILES string of the molecule is CCCCCN(Cc1ccc(F)cc1)S(=O)(=O)c1ccc2c(c1)C(=O)NCC2. The number of carbonyl (C=O) groups is 1. The summed E-state index contributed by atoms with van der Waals surface area (Å²) in [5.41, 5.74) is 2.00. The van der Waals surface area contributed by atoms with E-state index in [1.165, 1.54) is 22.5 Å². The van der Waals surface area contributed by atoms with Crippen molar-refractivity contribution in [1.82, 2.24) is 9.62 Å². The first-order valence-electron chi connectivity index (χ1n) is 9.57. The van der Waals surface area contributed by atoms with Crippen molar-refractivity contribution in [2.75, 3.05) is 13.1 Å². The molecule has 1 N–H and O–H groups in total. The van der Waals surface area contributed by atoms with Gasteiger partial charge in [0.25, 0.3) is 5.91 Å². The Labute approximate surface area is 165 Å². The summed E-state index contributed by atoms with van der Waals surface area (Å²) < 4.78 is 41.2. The van der Waals surface area contributed by atoms with Gasteiger partial charge in [0.2, 0.25) is 10.0 Å². The van der Waals surface area contributed by atoms with Gasteiger partial charge in [-0.15, -0.1) is 0 Å². The normalized spacial score (nSPS) is 14.0. The van der Waals surface area contributed by atoms with Gasteiger partial charge in [-0.3, -0.25) is 4.79 Å². The maximum atomic E-state index is 13.3. The highest BCUT2D eigenvalue weighted by Gasteiger charge is 2.27. The Morgan fingerprint density at radius 2 is 1.86 bits per heavy atom. The number of carbonyl (C=O) groups excluding carboxylic acids is 1. The first kappa shape index (κ1) is 20.5. The van der Waals surface area contributed by atoms with Crippen molar-refractivity contribution in [3.8, 4) is 0 Å². The predicted octanol–water partition coefficient (Wildman–Crippen LogP) is 3.49. The summed E-state index contributed by atoms with van der Waals surface area (Å²) >= 11 is 0. The quantitative estimate of drug-likeness (QED) is 0.685. The summed E-state index contributed by atoms with van der Waals surface area (Å²) in [7, 11) is -3.79. The molecule has 28 heavy (non-hydrogen) atoms. The maximum absolute atomic E-state index is 13.3. The number of amides is 1. The zero-order chi connectivity index (χ0) is 20.1. The van der Waals surface area contributed by atoms with Crippen LogP contribution in [-0.2, 0) is 23.0 Å². The van der Waals surface area contributed by atoms with Crippen LogP contribution in [0.4, 0.5) is 4.39 Å². The molecule has 150 valence electrons. The fourth-order valence-electron chi connectivity index (χ4n) is 3.32. The third-order valence-corrected chi connectivity index (χ3v) is 6.77. The summed E-state index contributed by atoms with van der Waals surface area (Å²) in [6.07, 6.45) is 3.32. The number of nitrogens with one attached hydrogen (secondary N) is 1. The molecule has 0 bridgehead atoms. The van der Waals surface area contributed by atoms with Crippen LogP contribution in [0.25, 0.3) is 0 Å². The summed E-state index contributed by atoms with van der Waals surface area (Å²) in [6, 6.07) is 10.6. The van der Waals surface area contributed by atoms with E-state index in [9.17, 15) is 17.6 Å². The van der Waals surface area contributed by atoms with Crippen LogP contribution < -0.4 is 5.32 Å². The Bertz CT molecular complexity index is 943. The highest BCUT2D eigenvalue weighted by molar-refractivity contribution is 7.89. The molecule has 1 amide bonds. The molecular formula is C21H25FN2O3S. The van der Waals surface area contributed by atoms with E-state index >= 15 is 0 Å². The van der Waals surface area contributed by atoms with Crippen LogP contribution in [0.2, 0.25) is 0 Å². The molecular weight excluding hydrogens is 379 g/mol. The molecule has 1 heterocycles. The molecule has 0 aliphatic carbocycles. The van der Waals surface area contributed by atoms with Gasteiger partial charge < -0.3 is 5.32 Å². The van der Waals surface area contributed by atoms with E-state index in [-0.39, 0.29) is 23.2 Å². The molecule has 0 spiro atoms. The standard InChI is InChI=1S/C21H25FN2O3S/c1-2-3-4-13-24(15-16-5-8-18(22)9-6-16)28(26,27)19-10-7-17-11-12-23-21(25)20(17)14-19/h5-10,14H,2-4,11-13,15H2,1H3,(H,23,25). The molecule has 3 rings (SSSR count). The second-order valence-electron chi connectivity index (χ2n) is 7.00. The van der Waals surface area contributed by atoms with Crippen molar-refractivity contribution in [2.24, 2.45) is 0 Å². The Morgan fingerprint density at radius 3 is 2.57 bits per heavy atom. The molecule has 1 aliphatic rings. The Hall–Kier alpha value is -2.25. The van der Waals surface area contributed by atoms with Gasteiger partial charge in [-0.1, -0.05) is 38.0 Å². The molecule has 5 nitrogen and oxygen atoms in total. The van der Waals surface area contributed by atoms with E-state index in [1.54, 1.807) is 24.3 Å². The Kier molecular flexibility index (Phi) is 6.46. The first-order valence-corrected chi connectivity index (χ1v) is 11.0. The van der Waals surface area contributed by atoms with Crippen LogP contribution in [0.3, 0.4) is 0 Å². The van der Waals surface area contributed by atoms with E-state index in [2.05, 4.69) is 12.2 Å². The van der Waals surface area contributed by atoms with Crippen molar-refractivity contribution in [1.29, 1.82) is 0 Å². The number of hydrogen-bond acceptors (Lipinski definition) is 3. The molecule has 2 aromatic rings. The third kappa shape index (κ3) is 4.59. The summed E-state index contributed by atoms with van der Waals surface area (Å²) in [5.74, 6) is -0.598. The second-order valence-corrected chi connectivity index (χ2v) is 8.93. The van der Waals surface area contributed by atoms with Gasteiger partial charge in [0, 0.05) is 25.2 Å². The van der Waals surface area contributed by atoms with Crippen LogP contribution in [0.1, 0.15) is 47.7 Å². The lowest BCUT2D eigenvalue weighted by Crippen LogP contribution is -2.34. The molecule has 0 fully saturated rings. The summed E-state index contributed by atoms with van der Waals surface area (Å²) in [4.78, 5) is 12.2. The topological polar surface area (TPSA) is 66.5 Å². The van der Waals surface area contributed by atoms with Gasteiger partial charge in [0.15, 0.2) is 0 Å². The van der Waals surface area contributed by atoms with Crippen molar-refractivity contribution >= 4 is 15.9 Å².